The molecule has 2 aliphatic rings. The number of amides is 1. The number of nitrogens with zero attached hydrogens (tertiary/aromatic N) is 1. The second-order valence-electron chi connectivity index (χ2n) is 4.90. The standard InChI is InChI=1S/C13H15FN2O/c14-12-3-1-2-9(4-12)13(17)16-7-10-5-15-6-11(10)8-16/h1-4,10-11,15H,5-8H2/t10-,11+. The molecule has 2 atom stereocenters. The van der Waals surface area contributed by atoms with E-state index in [1.807, 2.05) is 4.90 Å². The number of carbonyl (C=O) groups excluding carboxylic acids is 1. The van der Waals surface area contributed by atoms with Crippen LogP contribution in [0.15, 0.2) is 24.3 Å². The molecule has 0 unspecified atom stereocenters. The lowest BCUT2D eigenvalue weighted by Gasteiger charge is -2.17. The highest BCUT2D eigenvalue weighted by Gasteiger charge is 2.38. The molecule has 90 valence electrons. The minimum absolute atomic E-state index is 0.0427. The highest BCUT2D eigenvalue weighted by molar-refractivity contribution is 5.94. The van der Waals surface area contributed by atoms with Gasteiger partial charge in [0.1, 0.15) is 5.82 Å². The number of hydrogen-bond acceptors (Lipinski definition) is 2. The van der Waals surface area contributed by atoms with Gasteiger partial charge in [0.15, 0.2) is 0 Å². The van der Waals surface area contributed by atoms with E-state index in [0.717, 1.165) is 26.2 Å². The molecule has 17 heavy (non-hydrogen) atoms. The topological polar surface area (TPSA) is 32.3 Å². The first-order chi connectivity index (χ1) is 8.24. The van der Waals surface area contributed by atoms with Crippen LogP contribution in [0.25, 0.3) is 0 Å². The number of benzene rings is 1. The summed E-state index contributed by atoms with van der Waals surface area (Å²) < 4.78 is 13.1. The van der Waals surface area contributed by atoms with Crippen LogP contribution in [0.2, 0.25) is 0 Å². The summed E-state index contributed by atoms with van der Waals surface area (Å²) in [6.45, 7) is 3.59. The number of halogens is 1. The molecule has 3 nitrogen and oxygen atoms in total. The Balaban J connectivity index is 1.75. The Bertz CT molecular complexity index is 437. The Morgan fingerprint density at radius 3 is 2.65 bits per heavy atom. The summed E-state index contributed by atoms with van der Waals surface area (Å²) in [4.78, 5) is 14.0. The van der Waals surface area contributed by atoms with Gasteiger partial charge >= 0.3 is 0 Å². The van der Waals surface area contributed by atoms with E-state index < -0.39 is 0 Å². The molecule has 0 aliphatic carbocycles. The van der Waals surface area contributed by atoms with Crippen molar-refractivity contribution < 1.29 is 9.18 Å². The van der Waals surface area contributed by atoms with E-state index in [9.17, 15) is 9.18 Å². The van der Waals surface area contributed by atoms with Crippen LogP contribution in [0.3, 0.4) is 0 Å². The van der Waals surface area contributed by atoms with Gasteiger partial charge in [0, 0.05) is 31.7 Å². The predicted octanol–water partition coefficient (Wildman–Crippen LogP) is 1.12. The maximum atomic E-state index is 13.1. The molecule has 1 N–H and O–H groups in total. The van der Waals surface area contributed by atoms with Gasteiger partial charge in [0.25, 0.3) is 5.91 Å². The summed E-state index contributed by atoms with van der Waals surface area (Å²) in [5, 5.41) is 3.33. The summed E-state index contributed by atoms with van der Waals surface area (Å²) in [5.74, 6) is 0.760. The van der Waals surface area contributed by atoms with E-state index >= 15 is 0 Å². The lowest BCUT2D eigenvalue weighted by Crippen LogP contribution is -2.31. The summed E-state index contributed by atoms with van der Waals surface area (Å²) in [6.07, 6.45) is 0. The number of nitrogens with one attached hydrogen (secondary N) is 1. The number of carbonyl (C=O) groups is 1. The van der Waals surface area contributed by atoms with Crippen molar-refractivity contribution in [3.63, 3.8) is 0 Å². The lowest BCUT2D eigenvalue weighted by atomic mass is 10.0. The van der Waals surface area contributed by atoms with Crippen LogP contribution >= 0.6 is 0 Å². The Labute approximate surface area is 99.6 Å². The first-order valence-corrected chi connectivity index (χ1v) is 5.99. The number of rotatable bonds is 1. The van der Waals surface area contributed by atoms with E-state index in [0.29, 0.717) is 17.4 Å². The van der Waals surface area contributed by atoms with Crippen molar-refractivity contribution in [1.29, 1.82) is 0 Å². The number of likely N-dealkylation sites (tertiary alicyclic amines) is 1. The lowest BCUT2D eigenvalue weighted by molar-refractivity contribution is 0.0781. The average molecular weight is 234 g/mol. The Hall–Kier alpha value is -1.42. The van der Waals surface area contributed by atoms with Crippen molar-refractivity contribution in [2.75, 3.05) is 26.2 Å². The normalized spacial score (nSPS) is 27.2. The molecule has 2 heterocycles. The first-order valence-electron chi connectivity index (χ1n) is 5.99. The summed E-state index contributed by atoms with van der Waals surface area (Å²) in [7, 11) is 0. The van der Waals surface area contributed by atoms with Crippen molar-refractivity contribution >= 4 is 5.91 Å². The second-order valence-corrected chi connectivity index (χ2v) is 4.90. The third kappa shape index (κ3) is 1.93. The molecule has 0 aromatic heterocycles. The molecule has 2 aliphatic heterocycles. The number of fused-ring (bicyclic) bond motifs is 1. The third-order valence-electron chi connectivity index (χ3n) is 3.75. The highest BCUT2D eigenvalue weighted by atomic mass is 19.1. The minimum atomic E-state index is -0.350. The highest BCUT2D eigenvalue weighted by Crippen LogP contribution is 2.27. The van der Waals surface area contributed by atoms with Gasteiger partial charge < -0.3 is 10.2 Å². The molecule has 1 aromatic carbocycles. The van der Waals surface area contributed by atoms with Gasteiger partial charge in [-0.05, 0) is 30.0 Å². The fourth-order valence-electron chi connectivity index (χ4n) is 2.83. The molecular weight excluding hydrogens is 219 g/mol. The van der Waals surface area contributed by atoms with Crippen LogP contribution in [0.1, 0.15) is 10.4 Å². The number of hydrogen-bond donors (Lipinski definition) is 1. The quantitative estimate of drug-likeness (QED) is 0.789. The molecule has 0 radical (unpaired) electrons. The Morgan fingerprint density at radius 2 is 2.00 bits per heavy atom. The molecule has 1 aromatic rings. The summed E-state index contributed by atoms with van der Waals surface area (Å²) in [5.41, 5.74) is 0.456. The fourth-order valence-corrected chi connectivity index (χ4v) is 2.83. The van der Waals surface area contributed by atoms with E-state index in [-0.39, 0.29) is 11.7 Å². The molecule has 2 saturated heterocycles. The van der Waals surface area contributed by atoms with Crippen LogP contribution in [0.4, 0.5) is 4.39 Å². The minimum Gasteiger partial charge on any atom is -0.338 e. The van der Waals surface area contributed by atoms with Gasteiger partial charge in [0.05, 0.1) is 0 Å². The van der Waals surface area contributed by atoms with Crippen LogP contribution in [0.5, 0.6) is 0 Å². The molecule has 3 rings (SSSR count). The van der Waals surface area contributed by atoms with Gasteiger partial charge in [-0.1, -0.05) is 6.07 Å². The SMILES string of the molecule is O=C(c1cccc(F)c1)N1C[C@H]2CNC[C@H]2C1. The van der Waals surface area contributed by atoms with Crippen molar-refractivity contribution in [3.8, 4) is 0 Å². The zero-order chi connectivity index (χ0) is 11.8. The van der Waals surface area contributed by atoms with Gasteiger partial charge in [-0.15, -0.1) is 0 Å². The summed E-state index contributed by atoms with van der Waals surface area (Å²) in [6, 6.07) is 5.94. The predicted molar refractivity (Wildman–Crippen MR) is 62.2 cm³/mol. The van der Waals surface area contributed by atoms with Crippen LogP contribution in [-0.2, 0) is 0 Å². The molecule has 2 fully saturated rings. The van der Waals surface area contributed by atoms with Gasteiger partial charge in [-0.2, -0.15) is 0 Å². The van der Waals surface area contributed by atoms with E-state index in [1.165, 1.54) is 12.1 Å². The zero-order valence-electron chi connectivity index (χ0n) is 9.53. The molecule has 0 bridgehead atoms. The second kappa shape index (κ2) is 4.11. The summed E-state index contributed by atoms with van der Waals surface area (Å²) >= 11 is 0. The average Bonchev–Trinajstić information content (AvgIpc) is 2.88. The van der Waals surface area contributed by atoms with Gasteiger partial charge in [-0.3, -0.25) is 4.79 Å². The van der Waals surface area contributed by atoms with Gasteiger partial charge in [0.2, 0.25) is 0 Å². The van der Waals surface area contributed by atoms with Crippen molar-refractivity contribution in [2.24, 2.45) is 11.8 Å². The zero-order valence-corrected chi connectivity index (χ0v) is 9.53. The van der Waals surface area contributed by atoms with Crippen molar-refractivity contribution in [3.05, 3.63) is 35.6 Å². The van der Waals surface area contributed by atoms with E-state index in [1.54, 1.807) is 12.1 Å². The first kappa shape index (κ1) is 10.7. The monoisotopic (exact) mass is 234 g/mol. The van der Waals surface area contributed by atoms with Crippen molar-refractivity contribution in [2.45, 2.75) is 0 Å². The van der Waals surface area contributed by atoms with E-state index in [4.69, 9.17) is 0 Å². The van der Waals surface area contributed by atoms with Gasteiger partial charge in [-0.25, -0.2) is 4.39 Å². The third-order valence-corrected chi connectivity index (χ3v) is 3.75. The van der Waals surface area contributed by atoms with Crippen LogP contribution < -0.4 is 5.32 Å². The Kier molecular flexibility index (Phi) is 2.59. The fraction of sp³-hybridized carbons (Fsp3) is 0.462. The molecule has 1 amide bonds. The maximum absolute atomic E-state index is 13.1. The molecule has 4 heteroatoms. The smallest absolute Gasteiger partial charge is 0.253 e. The maximum Gasteiger partial charge on any atom is 0.253 e. The van der Waals surface area contributed by atoms with E-state index in [2.05, 4.69) is 5.32 Å². The molecule has 0 saturated carbocycles. The van der Waals surface area contributed by atoms with Crippen LogP contribution in [0, 0.1) is 17.7 Å². The molecular formula is C13H15FN2O. The van der Waals surface area contributed by atoms with Crippen molar-refractivity contribution in [1.82, 2.24) is 10.2 Å². The molecule has 0 spiro atoms. The Morgan fingerprint density at radius 1 is 1.29 bits per heavy atom. The largest absolute Gasteiger partial charge is 0.338 e. The van der Waals surface area contributed by atoms with Crippen LogP contribution in [-0.4, -0.2) is 37.0 Å².